The van der Waals surface area contributed by atoms with Crippen molar-refractivity contribution in [2.75, 3.05) is 26.2 Å². The Bertz CT molecular complexity index is 695. The van der Waals surface area contributed by atoms with Gasteiger partial charge in [0.2, 0.25) is 0 Å². The summed E-state index contributed by atoms with van der Waals surface area (Å²) in [5.74, 6) is 1.24. The Balaban J connectivity index is 0.000000431. The van der Waals surface area contributed by atoms with E-state index in [9.17, 15) is 4.79 Å². The first-order valence-electron chi connectivity index (χ1n) is 8.68. The fourth-order valence-corrected chi connectivity index (χ4v) is 2.98. The summed E-state index contributed by atoms with van der Waals surface area (Å²) in [6, 6.07) is 8.05. The van der Waals surface area contributed by atoms with Gasteiger partial charge in [-0.1, -0.05) is 22.8 Å². The third-order valence-corrected chi connectivity index (χ3v) is 4.41. The van der Waals surface area contributed by atoms with E-state index in [1.807, 2.05) is 24.3 Å². The van der Waals surface area contributed by atoms with Crippen LogP contribution >= 0.6 is 11.6 Å². The van der Waals surface area contributed by atoms with Crippen LogP contribution in [0.15, 0.2) is 28.8 Å². The van der Waals surface area contributed by atoms with Gasteiger partial charge in [0.05, 0.1) is 12.6 Å². The van der Waals surface area contributed by atoms with Gasteiger partial charge in [0.25, 0.3) is 12.4 Å². The predicted molar refractivity (Wildman–Crippen MR) is 99.9 cm³/mol. The Kier molecular flexibility index (Phi) is 8.03. The lowest BCUT2D eigenvalue weighted by Gasteiger charge is -2.36. The van der Waals surface area contributed by atoms with Crippen molar-refractivity contribution in [2.24, 2.45) is 0 Å². The highest BCUT2D eigenvalue weighted by molar-refractivity contribution is 6.30. The number of piperazine rings is 1. The summed E-state index contributed by atoms with van der Waals surface area (Å²) in [6.07, 6.45) is 0. The Labute approximate surface area is 158 Å². The molecule has 0 aliphatic carbocycles. The molecule has 0 saturated carbocycles. The van der Waals surface area contributed by atoms with Gasteiger partial charge in [-0.3, -0.25) is 9.69 Å². The van der Waals surface area contributed by atoms with Crippen molar-refractivity contribution >= 4 is 18.1 Å². The molecule has 1 aliphatic rings. The smallest absolute Gasteiger partial charge is 0.293 e. The van der Waals surface area contributed by atoms with Gasteiger partial charge in [-0.2, -0.15) is 4.98 Å². The third kappa shape index (κ3) is 5.52. The fourth-order valence-electron chi connectivity index (χ4n) is 2.79. The van der Waals surface area contributed by atoms with Crippen LogP contribution in [-0.2, 0) is 9.53 Å². The molecule has 1 unspecified atom stereocenters. The molecule has 1 saturated heterocycles. The van der Waals surface area contributed by atoms with Gasteiger partial charge in [0, 0.05) is 36.3 Å². The standard InChI is InChI=1S/C15H19ClN4O.C3H6O2/c1-10-9-17-6-7-20(10)11(2)14-18-15(21-19-14)12-4-3-5-13(16)8-12;1-2-5-3-4/h3-5,8,10-11,17H,6-7,9H2,1-2H3;3H,2H2,1H3/t10-,11?;/m1./s1. The van der Waals surface area contributed by atoms with E-state index in [-0.39, 0.29) is 6.04 Å². The van der Waals surface area contributed by atoms with E-state index in [1.165, 1.54) is 0 Å². The maximum atomic E-state index is 9.18. The highest BCUT2D eigenvalue weighted by atomic mass is 35.5. The molecule has 142 valence electrons. The van der Waals surface area contributed by atoms with Gasteiger partial charge in [0.1, 0.15) is 0 Å². The predicted octanol–water partition coefficient (Wildman–Crippen LogP) is 2.92. The minimum absolute atomic E-state index is 0.138. The molecule has 2 atom stereocenters. The minimum Gasteiger partial charge on any atom is -0.468 e. The highest BCUT2D eigenvalue weighted by Crippen LogP contribution is 2.25. The van der Waals surface area contributed by atoms with Crippen LogP contribution in [0.4, 0.5) is 0 Å². The second kappa shape index (κ2) is 10.3. The van der Waals surface area contributed by atoms with Crippen LogP contribution < -0.4 is 5.32 Å². The molecule has 8 heteroatoms. The van der Waals surface area contributed by atoms with Crippen molar-refractivity contribution in [2.45, 2.75) is 32.9 Å². The minimum atomic E-state index is 0.138. The van der Waals surface area contributed by atoms with Crippen LogP contribution in [0, 0.1) is 0 Å². The van der Waals surface area contributed by atoms with Gasteiger partial charge in [-0.05, 0) is 39.0 Å². The highest BCUT2D eigenvalue weighted by Gasteiger charge is 2.27. The number of rotatable bonds is 5. The molecule has 0 spiro atoms. The van der Waals surface area contributed by atoms with Crippen LogP contribution in [0.5, 0.6) is 0 Å². The van der Waals surface area contributed by atoms with Crippen molar-refractivity contribution < 1.29 is 14.1 Å². The van der Waals surface area contributed by atoms with Crippen LogP contribution in [-0.4, -0.2) is 53.8 Å². The van der Waals surface area contributed by atoms with Gasteiger partial charge in [-0.25, -0.2) is 0 Å². The number of benzene rings is 1. The summed E-state index contributed by atoms with van der Waals surface area (Å²) in [6.45, 7) is 9.97. The summed E-state index contributed by atoms with van der Waals surface area (Å²) >= 11 is 6.00. The maximum Gasteiger partial charge on any atom is 0.293 e. The van der Waals surface area contributed by atoms with Crippen molar-refractivity contribution in [3.05, 3.63) is 35.1 Å². The number of hydrogen-bond donors (Lipinski definition) is 1. The number of nitrogens with zero attached hydrogens (tertiary/aromatic N) is 3. The number of halogens is 1. The van der Waals surface area contributed by atoms with Gasteiger partial charge in [0.15, 0.2) is 5.82 Å². The van der Waals surface area contributed by atoms with E-state index in [1.54, 1.807) is 6.92 Å². The van der Waals surface area contributed by atoms with Crippen molar-refractivity contribution in [3.8, 4) is 11.5 Å². The van der Waals surface area contributed by atoms with Crippen LogP contribution in [0.1, 0.15) is 32.6 Å². The zero-order valence-corrected chi connectivity index (χ0v) is 16.1. The van der Waals surface area contributed by atoms with Crippen LogP contribution in [0.25, 0.3) is 11.5 Å². The first-order chi connectivity index (χ1) is 12.6. The normalized spacial score (nSPS) is 18.5. The average Bonchev–Trinajstić information content (AvgIpc) is 3.13. The summed E-state index contributed by atoms with van der Waals surface area (Å²) < 4.78 is 9.54. The second-order valence-electron chi connectivity index (χ2n) is 5.99. The first kappa shape index (κ1) is 20.4. The van der Waals surface area contributed by atoms with Crippen LogP contribution in [0.3, 0.4) is 0 Å². The topological polar surface area (TPSA) is 80.5 Å². The molecule has 2 aromatic rings. The van der Waals surface area contributed by atoms with E-state index in [0.29, 0.717) is 30.0 Å². The monoisotopic (exact) mass is 380 g/mol. The molecule has 3 rings (SSSR count). The van der Waals surface area contributed by atoms with E-state index < -0.39 is 0 Å². The SMILES string of the molecule is CC(c1noc(-c2cccc(Cl)c2)n1)N1CCNC[C@H]1C.CCOC=O. The molecule has 0 radical (unpaired) electrons. The second-order valence-corrected chi connectivity index (χ2v) is 6.42. The zero-order chi connectivity index (χ0) is 18.9. The average molecular weight is 381 g/mol. The fraction of sp³-hybridized carbons (Fsp3) is 0.500. The summed E-state index contributed by atoms with van der Waals surface area (Å²) in [4.78, 5) is 16.1. The number of ether oxygens (including phenoxy) is 1. The molecule has 1 aromatic carbocycles. The van der Waals surface area contributed by atoms with Crippen molar-refractivity contribution in [1.29, 1.82) is 0 Å². The largest absolute Gasteiger partial charge is 0.468 e. The lowest BCUT2D eigenvalue weighted by Crippen LogP contribution is -2.50. The number of carbonyl (C=O) groups is 1. The molecule has 1 aliphatic heterocycles. The Morgan fingerprint density at radius 2 is 2.35 bits per heavy atom. The van der Waals surface area contributed by atoms with Gasteiger partial charge >= 0.3 is 0 Å². The molecule has 7 nitrogen and oxygen atoms in total. The van der Waals surface area contributed by atoms with Gasteiger partial charge < -0.3 is 14.6 Å². The quantitative estimate of drug-likeness (QED) is 0.798. The van der Waals surface area contributed by atoms with E-state index in [2.05, 4.69) is 38.9 Å². The third-order valence-electron chi connectivity index (χ3n) is 4.17. The Morgan fingerprint density at radius 3 is 2.96 bits per heavy atom. The molecule has 1 fully saturated rings. The van der Waals surface area contributed by atoms with E-state index in [0.717, 1.165) is 31.0 Å². The molecule has 1 aromatic heterocycles. The number of nitrogens with one attached hydrogen (secondary N) is 1. The molecule has 0 bridgehead atoms. The van der Waals surface area contributed by atoms with Crippen LogP contribution in [0.2, 0.25) is 5.02 Å². The van der Waals surface area contributed by atoms with E-state index >= 15 is 0 Å². The molecule has 1 N–H and O–H groups in total. The molecular weight excluding hydrogens is 356 g/mol. The van der Waals surface area contributed by atoms with Crippen molar-refractivity contribution in [3.63, 3.8) is 0 Å². The number of carbonyl (C=O) groups excluding carboxylic acids is 1. The van der Waals surface area contributed by atoms with Gasteiger partial charge in [-0.15, -0.1) is 0 Å². The Morgan fingerprint density at radius 1 is 1.54 bits per heavy atom. The summed E-state index contributed by atoms with van der Waals surface area (Å²) in [5, 5.41) is 8.19. The molecule has 26 heavy (non-hydrogen) atoms. The maximum absolute atomic E-state index is 9.18. The summed E-state index contributed by atoms with van der Waals surface area (Å²) in [5.41, 5.74) is 0.849. The molecule has 0 amide bonds. The molecule has 2 heterocycles. The number of hydrogen-bond acceptors (Lipinski definition) is 7. The Hall–Kier alpha value is -1.96. The first-order valence-corrected chi connectivity index (χ1v) is 9.05. The lowest BCUT2D eigenvalue weighted by atomic mass is 10.1. The lowest BCUT2D eigenvalue weighted by molar-refractivity contribution is -0.128. The van der Waals surface area contributed by atoms with Crippen molar-refractivity contribution in [1.82, 2.24) is 20.4 Å². The number of aromatic nitrogens is 2. The molecular formula is C18H25ClN4O3. The van der Waals surface area contributed by atoms with E-state index in [4.69, 9.17) is 16.1 Å². The zero-order valence-electron chi connectivity index (χ0n) is 15.3. The summed E-state index contributed by atoms with van der Waals surface area (Å²) in [7, 11) is 0.